The lowest BCUT2D eigenvalue weighted by Crippen LogP contribution is -2.51. The Labute approximate surface area is 207 Å². The lowest BCUT2D eigenvalue weighted by Gasteiger charge is -2.31. The van der Waals surface area contributed by atoms with Crippen LogP contribution in [0.3, 0.4) is 0 Å². The molecule has 4 nitrogen and oxygen atoms in total. The van der Waals surface area contributed by atoms with E-state index in [2.05, 4.69) is 21.2 Å². The first-order valence-corrected chi connectivity index (χ1v) is 12.8. The molecule has 8 heteroatoms. The minimum Gasteiger partial charge on any atom is -0.352 e. The van der Waals surface area contributed by atoms with E-state index in [1.165, 1.54) is 11.8 Å². The molecular weight excluding hydrogens is 519 g/mol. The highest BCUT2D eigenvalue weighted by atomic mass is 79.9. The number of nitrogens with zero attached hydrogens (tertiary/aromatic N) is 1. The molecule has 0 heterocycles. The Morgan fingerprint density at radius 2 is 1.81 bits per heavy atom. The Morgan fingerprint density at radius 1 is 1.13 bits per heavy atom. The summed E-state index contributed by atoms with van der Waals surface area (Å²) < 4.78 is 1.02. The molecule has 1 N–H and O–H groups in total. The minimum atomic E-state index is -0.574. The molecule has 0 aliphatic rings. The SMILES string of the molecule is CC[C@@H](C(=O)NC(C)C)N(Cc1ccc(Cl)cc1Cl)C(=O)CSCc1ccc(Br)cc1. The van der Waals surface area contributed by atoms with Crippen molar-refractivity contribution in [2.75, 3.05) is 5.75 Å². The summed E-state index contributed by atoms with van der Waals surface area (Å²) in [6.07, 6.45) is 0.507. The lowest BCUT2D eigenvalue weighted by molar-refractivity contribution is -0.139. The monoisotopic (exact) mass is 544 g/mol. The van der Waals surface area contributed by atoms with Crippen LogP contribution in [0.5, 0.6) is 0 Å². The first-order chi connectivity index (χ1) is 14.7. The van der Waals surface area contributed by atoms with Crippen LogP contribution in [-0.2, 0) is 21.9 Å². The molecule has 0 aliphatic heterocycles. The van der Waals surface area contributed by atoms with Crippen LogP contribution in [0.25, 0.3) is 0 Å². The maximum atomic E-state index is 13.2. The van der Waals surface area contributed by atoms with Crippen LogP contribution in [0.1, 0.15) is 38.3 Å². The molecule has 0 aliphatic carbocycles. The molecule has 0 radical (unpaired) electrons. The van der Waals surface area contributed by atoms with Gasteiger partial charge < -0.3 is 10.2 Å². The molecule has 0 saturated heterocycles. The number of hydrogen-bond donors (Lipinski definition) is 1. The molecule has 2 rings (SSSR count). The Balaban J connectivity index is 2.16. The number of nitrogens with one attached hydrogen (secondary N) is 1. The molecular formula is C23H27BrCl2N2O2S. The highest BCUT2D eigenvalue weighted by molar-refractivity contribution is 9.10. The third-order valence-corrected chi connectivity index (χ3v) is 6.68. The molecule has 0 fully saturated rings. The zero-order valence-electron chi connectivity index (χ0n) is 17.8. The Kier molecular flexibility index (Phi) is 10.7. The van der Waals surface area contributed by atoms with Crippen molar-refractivity contribution in [3.8, 4) is 0 Å². The summed E-state index contributed by atoms with van der Waals surface area (Å²) in [4.78, 5) is 27.7. The van der Waals surface area contributed by atoms with Crippen molar-refractivity contribution in [1.82, 2.24) is 10.2 Å². The van der Waals surface area contributed by atoms with Crippen LogP contribution < -0.4 is 5.32 Å². The van der Waals surface area contributed by atoms with Gasteiger partial charge in [0.25, 0.3) is 0 Å². The summed E-state index contributed by atoms with van der Waals surface area (Å²) >= 11 is 17.3. The van der Waals surface area contributed by atoms with Crippen molar-refractivity contribution in [2.24, 2.45) is 0 Å². The number of benzene rings is 2. The number of amides is 2. The molecule has 0 bridgehead atoms. The van der Waals surface area contributed by atoms with Crippen LogP contribution in [0, 0.1) is 0 Å². The quantitative estimate of drug-likeness (QED) is 0.380. The van der Waals surface area contributed by atoms with Crippen molar-refractivity contribution in [1.29, 1.82) is 0 Å². The van der Waals surface area contributed by atoms with Crippen LogP contribution in [0.4, 0.5) is 0 Å². The smallest absolute Gasteiger partial charge is 0.243 e. The zero-order chi connectivity index (χ0) is 23.0. The first-order valence-electron chi connectivity index (χ1n) is 10.1. The standard InChI is InChI=1S/C23H27BrCl2N2O2S/c1-4-21(23(30)27-15(2)3)28(12-17-7-10-19(25)11-20(17)26)22(29)14-31-13-16-5-8-18(24)9-6-16/h5-11,15,21H,4,12-14H2,1-3H3,(H,27,30)/t21-/m0/s1. The van der Waals surface area contributed by atoms with Gasteiger partial charge in [0.15, 0.2) is 0 Å². The second kappa shape index (κ2) is 12.7. The minimum absolute atomic E-state index is 0.00981. The van der Waals surface area contributed by atoms with Crippen LogP contribution >= 0.6 is 50.9 Å². The number of halogens is 3. The average Bonchev–Trinajstić information content (AvgIpc) is 2.70. The highest BCUT2D eigenvalue weighted by Gasteiger charge is 2.29. The van der Waals surface area contributed by atoms with Crippen molar-refractivity contribution in [2.45, 2.75) is 51.6 Å². The Hall–Kier alpha value is -1.21. The van der Waals surface area contributed by atoms with Gasteiger partial charge in [0.05, 0.1) is 5.75 Å². The van der Waals surface area contributed by atoms with E-state index in [9.17, 15) is 9.59 Å². The molecule has 0 saturated carbocycles. The normalized spacial score (nSPS) is 12.0. The van der Waals surface area contributed by atoms with E-state index in [0.29, 0.717) is 22.2 Å². The van der Waals surface area contributed by atoms with Crippen LogP contribution in [0.2, 0.25) is 10.0 Å². The summed E-state index contributed by atoms with van der Waals surface area (Å²) in [6.45, 7) is 5.96. The number of thioether (sulfide) groups is 1. The average molecular weight is 546 g/mol. The number of rotatable bonds is 10. The topological polar surface area (TPSA) is 49.4 Å². The lowest BCUT2D eigenvalue weighted by atomic mass is 10.1. The van der Waals surface area contributed by atoms with Gasteiger partial charge >= 0.3 is 0 Å². The van der Waals surface area contributed by atoms with Gasteiger partial charge in [-0.3, -0.25) is 9.59 Å². The fourth-order valence-electron chi connectivity index (χ4n) is 3.05. The van der Waals surface area contributed by atoms with E-state index in [1.54, 1.807) is 23.1 Å². The van der Waals surface area contributed by atoms with E-state index < -0.39 is 6.04 Å². The van der Waals surface area contributed by atoms with Gasteiger partial charge in [0, 0.05) is 32.9 Å². The van der Waals surface area contributed by atoms with Gasteiger partial charge in [-0.1, -0.05) is 64.3 Å². The Morgan fingerprint density at radius 3 is 2.39 bits per heavy atom. The number of hydrogen-bond acceptors (Lipinski definition) is 3. The van der Waals surface area contributed by atoms with Crippen molar-refractivity contribution in [3.05, 3.63) is 68.1 Å². The third-order valence-electron chi connectivity index (χ3n) is 4.58. The van der Waals surface area contributed by atoms with Gasteiger partial charge in [0.2, 0.25) is 11.8 Å². The maximum absolute atomic E-state index is 13.2. The van der Waals surface area contributed by atoms with Gasteiger partial charge in [-0.05, 0) is 55.7 Å². The zero-order valence-corrected chi connectivity index (χ0v) is 21.7. The van der Waals surface area contributed by atoms with Gasteiger partial charge in [-0.15, -0.1) is 11.8 Å². The van der Waals surface area contributed by atoms with Crippen molar-refractivity contribution in [3.63, 3.8) is 0 Å². The Bertz CT molecular complexity index is 894. The van der Waals surface area contributed by atoms with E-state index in [-0.39, 0.29) is 30.2 Å². The summed E-state index contributed by atoms with van der Waals surface area (Å²) in [5.41, 5.74) is 1.89. The van der Waals surface area contributed by atoms with E-state index >= 15 is 0 Å². The number of carbonyl (C=O) groups is 2. The molecule has 1 atom stereocenters. The van der Waals surface area contributed by atoms with E-state index in [1.807, 2.05) is 45.0 Å². The fourth-order valence-corrected chi connectivity index (χ4v) is 4.66. The summed E-state index contributed by atoms with van der Waals surface area (Å²) in [5, 5.41) is 3.94. The van der Waals surface area contributed by atoms with Crippen LogP contribution in [-0.4, -0.2) is 34.6 Å². The molecule has 2 aromatic carbocycles. The fraction of sp³-hybridized carbons (Fsp3) is 0.391. The molecule has 2 aromatic rings. The molecule has 31 heavy (non-hydrogen) atoms. The first kappa shape index (κ1) is 26.0. The van der Waals surface area contributed by atoms with Crippen molar-refractivity contribution >= 4 is 62.7 Å². The summed E-state index contributed by atoms with van der Waals surface area (Å²) in [6, 6.07) is 12.6. The van der Waals surface area contributed by atoms with E-state index in [0.717, 1.165) is 15.6 Å². The molecule has 168 valence electrons. The predicted octanol–water partition coefficient (Wildman–Crippen LogP) is 6.32. The molecule has 0 spiro atoms. The van der Waals surface area contributed by atoms with Gasteiger partial charge in [0.1, 0.15) is 6.04 Å². The largest absolute Gasteiger partial charge is 0.352 e. The maximum Gasteiger partial charge on any atom is 0.243 e. The van der Waals surface area contributed by atoms with Crippen molar-refractivity contribution < 1.29 is 9.59 Å². The summed E-state index contributed by atoms with van der Waals surface area (Å²) in [7, 11) is 0. The van der Waals surface area contributed by atoms with E-state index in [4.69, 9.17) is 23.2 Å². The predicted molar refractivity (Wildman–Crippen MR) is 135 cm³/mol. The number of carbonyl (C=O) groups excluding carboxylic acids is 2. The summed E-state index contributed by atoms with van der Waals surface area (Å²) in [5.74, 6) is 0.726. The van der Waals surface area contributed by atoms with Gasteiger partial charge in [-0.25, -0.2) is 0 Å². The second-order valence-electron chi connectivity index (χ2n) is 7.46. The van der Waals surface area contributed by atoms with Crippen LogP contribution in [0.15, 0.2) is 46.9 Å². The molecule has 2 amide bonds. The highest BCUT2D eigenvalue weighted by Crippen LogP contribution is 2.24. The molecule has 0 unspecified atom stereocenters. The van der Waals surface area contributed by atoms with Gasteiger partial charge in [-0.2, -0.15) is 0 Å². The second-order valence-corrected chi connectivity index (χ2v) is 10.2. The third kappa shape index (κ3) is 8.33. The molecule has 0 aromatic heterocycles.